The smallest absolute Gasteiger partial charge is 0.123 e. The average molecular weight is 140 g/mol. The van der Waals surface area contributed by atoms with Crippen molar-refractivity contribution >= 4 is 5.84 Å². The summed E-state index contributed by atoms with van der Waals surface area (Å²) in [6.45, 7) is 6.08. The monoisotopic (exact) mass is 140 g/mol. The molecule has 0 unspecified atom stereocenters. The third-order valence-corrected chi connectivity index (χ3v) is 1.65. The topological polar surface area (TPSA) is 24.4 Å². The molecule has 0 bridgehead atoms. The minimum atomic E-state index is 0. The van der Waals surface area contributed by atoms with Crippen LogP contribution in [0.15, 0.2) is 16.6 Å². The third kappa shape index (κ3) is 1.38. The van der Waals surface area contributed by atoms with E-state index in [4.69, 9.17) is 0 Å². The summed E-state index contributed by atoms with van der Waals surface area (Å²) in [6.07, 6.45) is 3.24. The first-order valence-electron chi connectivity index (χ1n) is 3.82. The number of aliphatic imine (C=N–C) groups is 1. The Kier molecular flexibility index (Phi) is 2.49. The maximum atomic E-state index is 4.31. The second-order valence-corrected chi connectivity index (χ2v) is 2.32. The second-order valence-electron chi connectivity index (χ2n) is 2.32. The number of likely N-dealkylation sites (N-methyl/N-ethyl adjacent to an activating group) is 1. The molecule has 1 N–H and O–H groups in total. The number of rotatable bonds is 1. The highest BCUT2D eigenvalue weighted by molar-refractivity contribution is 5.99. The Balaban J connectivity index is 0.000001000. The Labute approximate surface area is 63.5 Å². The van der Waals surface area contributed by atoms with Crippen molar-refractivity contribution < 1.29 is 1.43 Å². The van der Waals surface area contributed by atoms with Crippen LogP contribution in [0.25, 0.3) is 0 Å². The van der Waals surface area contributed by atoms with Gasteiger partial charge in [-0.1, -0.05) is 6.08 Å². The highest BCUT2D eigenvalue weighted by Crippen LogP contribution is 2.09. The van der Waals surface area contributed by atoms with E-state index in [1.807, 2.05) is 0 Å². The first-order chi connectivity index (χ1) is 4.88. The van der Waals surface area contributed by atoms with Gasteiger partial charge in [-0.2, -0.15) is 0 Å². The maximum absolute atomic E-state index is 4.31. The average Bonchev–Trinajstić information content (AvgIpc) is 2.36. The minimum absolute atomic E-state index is 0. The molecule has 0 spiro atoms. The van der Waals surface area contributed by atoms with Crippen LogP contribution in [0.4, 0.5) is 0 Å². The summed E-state index contributed by atoms with van der Waals surface area (Å²) < 4.78 is 0. The molecule has 1 heterocycles. The summed E-state index contributed by atoms with van der Waals surface area (Å²) >= 11 is 0. The van der Waals surface area contributed by atoms with Crippen LogP contribution in [0.5, 0.6) is 0 Å². The molecule has 0 aliphatic carbocycles. The lowest BCUT2D eigenvalue weighted by atomic mass is 10.2. The van der Waals surface area contributed by atoms with Gasteiger partial charge in [-0.25, -0.2) is 0 Å². The van der Waals surface area contributed by atoms with Crippen LogP contribution in [0.2, 0.25) is 0 Å². The van der Waals surface area contributed by atoms with Crippen LogP contribution in [0, 0.1) is 0 Å². The van der Waals surface area contributed by atoms with Crippen molar-refractivity contribution in [1.82, 2.24) is 5.32 Å². The summed E-state index contributed by atoms with van der Waals surface area (Å²) in [6, 6.07) is 0. The van der Waals surface area contributed by atoms with Gasteiger partial charge in [0.2, 0.25) is 0 Å². The normalized spacial score (nSPS) is 21.4. The second kappa shape index (κ2) is 3.40. The molecule has 0 fully saturated rings. The van der Waals surface area contributed by atoms with Crippen LogP contribution in [0.3, 0.4) is 0 Å². The standard InChI is InChI=1S/C8H14N2.H2/c1-3-7-5-6-10-8(7)9-4-2;/h3H,4-6H2,1-2H3,(H,9,10);1H/b7-3-;. The van der Waals surface area contributed by atoms with Gasteiger partial charge in [0, 0.05) is 14.5 Å². The highest BCUT2D eigenvalue weighted by Gasteiger charge is 2.09. The predicted octanol–water partition coefficient (Wildman–Crippen LogP) is 1.59. The van der Waals surface area contributed by atoms with Crippen molar-refractivity contribution in [2.75, 3.05) is 13.1 Å². The quantitative estimate of drug-likeness (QED) is 0.587. The number of allylic oxidation sites excluding steroid dienone is 1. The van der Waals surface area contributed by atoms with E-state index in [2.05, 4.69) is 30.2 Å². The van der Waals surface area contributed by atoms with Gasteiger partial charge in [0.15, 0.2) is 0 Å². The number of amidine groups is 1. The molecule has 0 atom stereocenters. The number of nitrogens with one attached hydrogen (secondary N) is 1. The van der Waals surface area contributed by atoms with Gasteiger partial charge < -0.3 is 5.32 Å². The molecule has 0 aromatic heterocycles. The maximum Gasteiger partial charge on any atom is 0.123 e. The summed E-state index contributed by atoms with van der Waals surface area (Å²) in [5, 5.41) is 3.23. The van der Waals surface area contributed by atoms with Crippen LogP contribution < -0.4 is 5.32 Å². The van der Waals surface area contributed by atoms with E-state index < -0.39 is 0 Å². The lowest BCUT2D eigenvalue weighted by Crippen LogP contribution is -2.22. The molecule has 1 aliphatic heterocycles. The summed E-state index contributed by atoms with van der Waals surface area (Å²) in [5.41, 5.74) is 1.36. The van der Waals surface area contributed by atoms with Crippen LogP contribution in [-0.4, -0.2) is 18.9 Å². The summed E-state index contributed by atoms with van der Waals surface area (Å²) in [7, 11) is 0. The predicted molar refractivity (Wildman–Crippen MR) is 46.5 cm³/mol. The molecular weight excluding hydrogens is 124 g/mol. The van der Waals surface area contributed by atoms with E-state index in [9.17, 15) is 0 Å². The molecule has 0 radical (unpaired) electrons. The van der Waals surface area contributed by atoms with E-state index in [1.165, 1.54) is 5.57 Å². The van der Waals surface area contributed by atoms with Gasteiger partial charge in [0.25, 0.3) is 0 Å². The molecule has 0 aromatic carbocycles. The largest absolute Gasteiger partial charge is 0.370 e. The van der Waals surface area contributed by atoms with Crippen molar-refractivity contribution in [3.63, 3.8) is 0 Å². The van der Waals surface area contributed by atoms with Crippen molar-refractivity contribution in [2.24, 2.45) is 4.99 Å². The molecule has 0 amide bonds. The zero-order valence-corrected chi connectivity index (χ0v) is 6.65. The fraction of sp³-hybridized carbons (Fsp3) is 0.625. The molecule has 2 nitrogen and oxygen atoms in total. The van der Waals surface area contributed by atoms with E-state index in [0.29, 0.717) is 0 Å². The zero-order chi connectivity index (χ0) is 7.40. The highest BCUT2D eigenvalue weighted by atomic mass is 15.0. The fourth-order valence-corrected chi connectivity index (χ4v) is 1.13. The summed E-state index contributed by atoms with van der Waals surface area (Å²) in [4.78, 5) is 4.31. The van der Waals surface area contributed by atoms with Crippen LogP contribution in [0.1, 0.15) is 21.7 Å². The zero-order valence-electron chi connectivity index (χ0n) is 6.65. The molecule has 10 heavy (non-hydrogen) atoms. The first kappa shape index (κ1) is 7.32. The minimum Gasteiger partial charge on any atom is -0.370 e. The van der Waals surface area contributed by atoms with E-state index in [1.54, 1.807) is 0 Å². The number of hydrogen-bond donors (Lipinski definition) is 1. The Hall–Kier alpha value is -0.790. The van der Waals surface area contributed by atoms with Crippen molar-refractivity contribution in [2.45, 2.75) is 20.3 Å². The lowest BCUT2D eigenvalue weighted by Gasteiger charge is -2.02. The Morgan fingerprint density at radius 2 is 2.60 bits per heavy atom. The number of nitrogens with zero attached hydrogens (tertiary/aromatic N) is 1. The van der Waals surface area contributed by atoms with Crippen molar-refractivity contribution in [1.29, 1.82) is 0 Å². The lowest BCUT2D eigenvalue weighted by molar-refractivity contribution is 0.966. The van der Waals surface area contributed by atoms with Crippen molar-refractivity contribution in [3.05, 3.63) is 11.6 Å². The van der Waals surface area contributed by atoms with Crippen LogP contribution >= 0.6 is 0 Å². The van der Waals surface area contributed by atoms with Gasteiger partial charge in [-0.15, -0.1) is 0 Å². The summed E-state index contributed by atoms with van der Waals surface area (Å²) in [5.74, 6) is 1.10. The Morgan fingerprint density at radius 3 is 3.20 bits per heavy atom. The van der Waals surface area contributed by atoms with Gasteiger partial charge in [-0.05, 0) is 25.8 Å². The van der Waals surface area contributed by atoms with Gasteiger partial charge in [-0.3, -0.25) is 4.99 Å². The molecule has 0 saturated carbocycles. The SMILES string of the molecule is C/C=C1/CCN=C1NCC.[HH]. The van der Waals surface area contributed by atoms with Crippen molar-refractivity contribution in [3.8, 4) is 0 Å². The van der Waals surface area contributed by atoms with Gasteiger partial charge in [0.05, 0.1) is 0 Å². The molecular formula is C8H16N2. The molecule has 1 rings (SSSR count). The molecule has 1 aliphatic rings. The fourth-order valence-electron chi connectivity index (χ4n) is 1.13. The van der Waals surface area contributed by atoms with E-state index in [0.717, 1.165) is 25.3 Å². The molecule has 0 saturated heterocycles. The van der Waals surface area contributed by atoms with Crippen LogP contribution in [-0.2, 0) is 0 Å². The van der Waals surface area contributed by atoms with E-state index in [-0.39, 0.29) is 1.43 Å². The molecule has 2 heteroatoms. The molecule has 0 aromatic rings. The Bertz CT molecular complexity index is 173. The van der Waals surface area contributed by atoms with Gasteiger partial charge in [0.1, 0.15) is 5.84 Å². The number of hydrogen-bond acceptors (Lipinski definition) is 2. The Morgan fingerprint density at radius 1 is 1.80 bits per heavy atom. The molecule has 58 valence electrons. The van der Waals surface area contributed by atoms with E-state index >= 15 is 0 Å². The van der Waals surface area contributed by atoms with Gasteiger partial charge >= 0.3 is 0 Å². The third-order valence-electron chi connectivity index (χ3n) is 1.65. The first-order valence-corrected chi connectivity index (χ1v) is 3.82.